The summed E-state index contributed by atoms with van der Waals surface area (Å²) in [5, 5.41) is 2.44. The summed E-state index contributed by atoms with van der Waals surface area (Å²) in [5.74, 6) is -1.24. The number of nitrogens with one attached hydrogen (secondary N) is 1. The van der Waals surface area contributed by atoms with Gasteiger partial charge in [-0.25, -0.2) is 17.6 Å². The van der Waals surface area contributed by atoms with Crippen molar-refractivity contribution in [3.8, 4) is 11.1 Å². The lowest BCUT2D eigenvalue weighted by atomic mass is 9.92. The molecule has 37 heavy (non-hydrogen) atoms. The summed E-state index contributed by atoms with van der Waals surface area (Å²) in [5.41, 5.74) is 6.50. The molecule has 0 atom stereocenters. The molecule has 0 saturated carbocycles. The van der Waals surface area contributed by atoms with E-state index in [1.807, 2.05) is 0 Å². The third kappa shape index (κ3) is 7.36. The lowest BCUT2D eigenvalue weighted by molar-refractivity contribution is -0.118. The minimum Gasteiger partial charge on any atom is -0.444 e. The Bertz CT molecular complexity index is 1430. The van der Waals surface area contributed by atoms with Crippen LogP contribution in [-0.2, 0) is 32.2 Å². The van der Waals surface area contributed by atoms with E-state index in [-0.39, 0.29) is 35.4 Å². The van der Waals surface area contributed by atoms with E-state index in [4.69, 9.17) is 10.5 Å². The smallest absolute Gasteiger partial charge is 0.412 e. The van der Waals surface area contributed by atoms with Gasteiger partial charge in [0.25, 0.3) is 0 Å². The fourth-order valence-electron chi connectivity index (χ4n) is 3.88. The molecule has 0 radical (unpaired) electrons. The number of amides is 2. The number of sulfone groups is 1. The molecule has 0 fully saturated rings. The van der Waals surface area contributed by atoms with Gasteiger partial charge in [-0.05, 0) is 56.5 Å². The molecule has 0 aliphatic rings. The molecule has 3 N–H and O–H groups in total. The number of nitrogens with two attached hydrogens (primary N) is 1. The second kappa shape index (κ2) is 11.1. The summed E-state index contributed by atoms with van der Waals surface area (Å²) >= 11 is 0. The fraction of sp³-hybridized carbons (Fsp3) is 0.296. The topological polar surface area (TPSA) is 128 Å². The van der Waals surface area contributed by atoms with Gasteiger partial charge in [-0.1, -0.05) is 30.3 Å². The van der Waals surface area contributed by atoms with Gasteiger partial charge < -0.3 is 10.5 Å². The van der Waals surface area contributed by atoms with Crippen molar-refractivity contribution in [1.82, 2.24) is 4.98 Å². The molecule has 3 aromatic rings. The first-order valence-corrected chi connectivity index (χ1v) is 13.5. The van der Waals surface area contributed by atoms with Crippen molar-refractivity contribution in [2.45, 2.75) is 50.5 Å². The summed E-state index contributed by atoms with van der Waals surface area (Å²) in [6.07, 6.45) is 2.03. The Labute approximate surface area is 216 Å². The van der Waals surface area contributed by atoms with E-state index < -0.39 is 33.3 Å². The van der Waals surface area contributed by atoms with E-state index in [1.165, 1.54) is 12.1 Å². The highest BCUT2D eigenvalue weighted by Gasteiger charge is 2.23. The average molecular weight is 528 g/mol. The van der Waals surface area contributed by atoms with E-state index in [0.717, 1.165) is 6.26 Å². The van der Waals surface area contributed by atoms with E-state index in [9.17, 15) is 18.0 Å². The number of ether oxygens (including phenoxy) is 1. The molecule has 2 amide bonds. The number of carbonyl (C=O) groups is 2. The van der Waals surface area contributed by atoms with E-state index in [0.29, 0.717) is 22.4 Å². The molecule has 10 heteroatoms. The van der Waals surface area contributed by atoms with Crippen LogP contribution >= 0.6 is 0 Å². The Hall–Kier alpha value is -3.79. The summed E-state index contributed by atoms with van der Waals surface area (Å²) in [7, 11) is -3.60. The monoisotopic (exact) mass is 527 g/mol. The summed E-state index contributed by atoms with van der Waals surface area (Å²) in [6, 6.07) is 12.8. The number of aryl methyl sites for hydroxylation is 1. The number of aromatic nitrogens is 1. The quantitative estimate of drug-likeness (QED) is 0.439. The largest absolute Gasteiger partial charge is 0.444 e. The van der Waals surface area contributed by atoms with Gasteiger partial charge in [-0.15, -0.1) is 0 Å². The minimum absolute atomic E-state index is 0.0526. The molecule has 3 rings (SSSR count). The average Bonchev–Trinajstić information content (AvgIpc) is 2.79. The number of rotatable bonds is 8. The molecule has 8 nitrogen and oxygen atoms in total. The van der Waals surface area contributed by atoms with Crippen LogP contribution in [0.1, 0.15) is 44.0 Å². The zero-order valence-electron chi connectivity index (χ0n) is 21.2. The summed E-state index contributed by atoms with van der Waals surface area (Å²) < 4.78 is 46.1. The van der Waals surface area contributed by atoms with Crippen LogP contribution in [-0.4, -0.2) is 37.3 Å². The maximum absolute atomic E-state index is 16.1. The van der Waals surface area contributed by atoms with Crippen molar-refractivity contribution in [2.75, 3.05) is 11.6 Å². The number of pyridine rings is 1. The highest BCUT2D eigenvalue weighted by atomic mass is 32.2. The number of hydrogen-bond donors (Lipinski definition) is 2. The normalized spacial score (nSPS) is 11.7. The van der Waals surface area contributed by atoms with Crippen LogP contribution in [0.4, 0.5) is 14.9 Å². The summed E-state index contributed by atoms with van der Waals surface area (Å²) in [6.45, 7) is 5.07. The van der Waals surface area contributed by atoms with Crippen molar-refractivity contribution < 1.29 is 27.1 Å². The molecule has 0 aliphatic carbocycles. The van der Waals surface area contributed by atoms with Gasteiger partial charge >= 0.3 is 6.09 Å². The van der Waals surface area contributed by atoms with Crippen LogP contribution in [0, 0.1) is 5.82 Å². The van der Waals surface area contributed by atoms with Gasteiger partial charge in [-0.2, -0.15) is 0 Å². The van der Waals surface area contributed by atoms with Gasteiger partial charge in [-0.3, -0.25) is 15.1 Å². The number of hydrogen-bond acceptors (Lipinski definition) is 6. The maximum atomic E-state index is 16.1. The van der Waals surface area contributed by atoms with Crippen molar-refractivity contribution in [3.05, 3.63) is 77.4 Å². The van der Waals surface area contributed by atoms with Crippen LogP contribution in [0.3, 0.4) is 0 Å². The van der Waals surface area contributed by atoms with Crippen molar-refractivity contribution in [2.24, 2.45) is 5.73 Å². The first-order chi connectivity index (χ1) is 17.3. The number of nitrogens with zero attached hydrogens (tertiary/aromatic N) is 1. The van der Waals surface area contributed by atoms with Crippen LogP contribution < -0.4 is 11.1 Å². The van der Waals surface area contributed by atoms with Crippen LogP contribution in [0.2, 0.25) is 0 Å². The molecule has 0 saturated heterocycles. The van der Waals surface area contributed by atoms with E-state index in [1.54, 1.807) is 63.4 Å². The SMILES string of the molecule is CC(C)(C)OC(=O)Nc1ccc(-c2cccnc2CCC(N)=O)c(Cc2ccccc2S(C)(=O)=O)c1F. The standard InChI is InChI=1S/C27H30FN3O5S/c1-27(2,3)36-26(33)31-22-12-11-18(19-9-7-15-30-21(19)13-14-24(29)32)20(25(22)28)16-17-8-5-6-10-23(17)37(4,34)35/h5-12,15H,13-14,16H2,1-4H3,(H2,29,32)(H,31,33). The molecule has 1 heterocycles. The van der Waals surface area contributed by atoms with Crippen molar-refractivity contribution in [3.63, 3.8) is 0 Å². The Balaban J connectivity index is 2.17. The number of primary amides is 1. The molecular weight excluding hydrogens is 497 g/mol. The van der Waals surface area contributed by atoms with Crippen LogP contribution in [0.5, 0.6) is 0 Å². The van der Waals surface area contributed by atoms with Crippen LogP contribution in [0.25, 0.3) is 11.1 Å². The van der Waals surface area contributed by atoms with Crippen molar-refractivity contribution >= 4 is 27.5 Å². The predicted molar refractivity (Wildman–Crippen MR) is 139 cm³/mol. The molecule has 2 aromatic carbocycles. The van der Waals surface area contributed by atoms with Gasteiger partial charge in [0.1, 0.15) is 5.60 Å². The second-order valence-electron chi connectivity index (χ2n) is 9.60. The molecule has 0 spiro atoms. The predicted octanol–water partition coefficient (Wildman–Crippen LogP) is 4.65. The Morgan fingerprint density at radius 3 is 2.41 bits per heavy atom. The first kappa shape index (κ1) is 27.8. The lowest BCUT2D eigenvalue weighted by Gasteiger charge is -2.21. The third-order valence-electron chi connectivity index (χ3n) is 5.41. The molecule has 0 bridgehead atoms. The summed E-state index contributed by atoms with van der Waals surface area (Å²) in [4.78, 5) is 28.2. The Morgan fingerprint density at radius 1 is 1.05 bits per heavy atom. The first-order valence-electron chi connectivity index (χ1n) is 11.6. The highest BCUT2D eigenvalue weighted by molar-refractivity contribution is 7.90. The Kier molecular flexibility index (Phi) is 8.32. The fourth-order valence-corrected chi connectivity index (χ4v) is 4.82. The number of carbonyl (C=O) groups excluding carboxylic acids is 2. The Morgan fingerprint density at radius 2 is 1.76 bits per heavy atom. The zero-order chi connectivity index (χ0) is 27.4. The maximum Gasteiger partial charge on any atom is 0.412 e. The third-order valence-corrected chi connectivity index (χ3v) is 6.60. The second-order valence-corrected chi connectivity index (χ2v) is 11.6. The number of halogens is 1. The van der Waals surface area contributed by atoms with E-state index >= 15 is 4.39 Å². The van der Waals surface area contributed by atoms with Crippen LogP contribution in [0.15, 0.2) is 59.6 Å². The molecular formula is C27H30FN3O5S. The molecule has 0 unspecified atom stereocenters. The molecule has 196 valence electrons. The minimum atomic E-state index is -3.60. The molecule has 0 aliphatic heterocycles. The lowest BCUT2D eigenvalue weighted by Crippen LogP contribution is -2.27. The van der Waals surface area contributed by atoms with Gasteiger partial charge in [0.2, 0.25) is 5.91 Å². The van der Waals surface area contributed by atoms with Crippen molar-refractivity contribution in [1.29, 1.82) is 0 Å². The number of anilines is 1. The number of benzene rings is 2. The zero-order valence-corrected chi connectivity index (χ0v) is 22.0. The van der Waals surface area contributed by atoms with Gasteiger partial charge in [0.05, 0.1) is 10.6 Å². The van der Waals surface area contributed by atoms with Gasteiger partial charge in [0.15, 0.2) is 15.7 Å². The highest BCUT2D eigenvalue weighted by Crippen LogP contribution is 2.35. The van der Waals surface area contributed by atoms with E-state index in [2.05, 4.69) is 10.3 Å². The van der Waals surface area contributed by atoms with Gasteiger partial charge in [0, 0.05) is 42.1 Å². The molecule has 1 aromatic heterocycles.